The lowest BCUT2D eigenvalue weighted by atomic mass is 10.1. The molecule has 1 amide bonds. The van der Waals surface area contributed by atoms with E-state index in [1.54, 1.807) is 6.92 Å². The van der Waals surface area contributed by atoms with Crippen molar-refractivity contribution in [1.82, 2.24) is 5.32 Å². The highest BCUT2D eigenvalue weighted by atomic mass is 19.1. The van der Waals surface area contributed by atoms with E-state index in [4.69, 9.17) is 11.0 Å². The molecule has 3 N–H and O–H groups in total. The highest BCUT2D eigenvalue weighted by Crippen LogP contribution is 2.15. The van der Waals surface area contributed by atoms with Crippen LogP contribution in [-0.2, 0) is 0 Å². The molecule has 0 spiro atoms. The van der Waals surface area contributed by atoms with Gasteiger partial charge in [0.15, 0.2) is 0 Å². The standard InChI is InChI=1S/C11H12FN3O/c1-7(5-6-13)15-11(16)8-3-2-4-9(12)10(8)14/h2-4,7H,5,14H2,1H3,(H,15,16). The summed E-state index contributed by atoms with van der Waals surface area (Å²) in [6.07, 6.45) is 0.195. The summed E-state index contributed by atoms with van der Waals surface area (Å²) in [6.45, 7) is 1.69. The van der Waals surface area contributed by atoms with Gasteiger partial charge in [0, 0.05) is 6.04 Å². The van der Waals surface area contributed by atoms with Crippen molar-refractivity contribution in [3.63, 3.8) is 0 Å². The summed E-state index contributed by atoms with van der Waals surface area (Å²) in [5, 5.41) is 11.0. The Labute approximate surface area is 92.9 Å². The Balaban J connectivity index is 2.82. The van der Waals surface area contributed by atoms with Gasteiger partial charge < -0.3 is 11.1 Å². The zero-order valence-electron chi connectivity index (χ0n) is 8.83. The molecule has 1 atom stereocenters. The molecule has 0 radical (unpaired) electrons. The van der Waals surface area contributed by atoms with Crippen molar-refractivity contribution < 1.29 is 9.18 Å². The molecule has 1 rings (SSSR count). The third kappa shape index (κ3) is 2.70. The number of nitrogens with zero attached hydrogens (tertiary/aromatic N) is 1. The van der Waals surface area contributed by atoms with Gasteiger partial charge in [0.25, 0.3) is 5.91 Å². The number of nitrogens with one attached hydrogen (secondary N) is 1. The van der Waals surface area contributed by atoms with Crippen molar-refractivity contribution in [3.05, 3.63) is 29.6 Å². The highest BCUT2D eigenvalue weighted by Gasteiger charge is 2.14. The number of hydrogen-bond donors (Lipinski definition) is 2. The number of amides is 1. The first-order valence-electron chi connectivity index (χ1n) is 4.78. The van der Waals surface area contributed by atoms with Gasteiger partial charge >= 0.3 is 0 Å². The van der Waals surface area contributed by atoms with Crippen LogP contribution in [0.25, 0.3) is 0 Å². The van der Waals surface area contributed by atoms with Crippen LogP contribution in [0.2, 0.25) is 0 Å². The van der Waals surface area contributed by atoms with Crippen molar-refractivity contribution in [3.8, 4) is 6.07 Å². The highest BCUT2D eigenvalue weighted by molar-refractivity contribution is 5.99. The predicted molar refractivity (Wildman–Crippen MR) is 58.0 cm³/mol. The van der Waals surface area contributed by atoms with Crippen LogP contribution < -0.4 is 11.1 Å². The molecular formula is C11H12FN3O. The second-order valence-corrected chi connectivity index (χ2v) is 3.44. The Morgan fingerprint density at radius 1 is 1.69 bits per heavy atom. The largest absolute Gasteiger partial charge is 0.396 e. The molecule has 84 valence electrons. The first-order chi connectivity index (χ1) is 7.56. The number of nitriles is 1. The quantitative estimate of drug-likeness (QED) is 0.758. The van der Waals surface area contributed by atoms with E-state index in [1.165, 1.54) is 18.2 Å². The van der Waals surface area contributed by atoms with E-state index in [9.17, 15) is 9.18 Å². The average Bonchev–Trinajstić information content (AvgIpc) is 2.22. The lowest BCUT2D eigenvalue weighted by Crippen LogP contribution is -2.32. The van der Waals surface area contributed by atoms with Crippen molar-refractivity contribution >= 4 is 11.6 Å². The Bertz CT molecular complexity index is 439. The molecule has 0 saturated carbocycles. The number of para-hydroxylation sites is 1. The minimum absolute atomic E-state index is 0.0878. The summed E-state index contributed by atoms with van der Waals surface area (Å²) in [7, 11) is 0. The summed E-state index contributed by atoms with van der Waals surface area (Å²) in [5.41, 5.74) is 5.34. The molecule has 0 aromatic heterocycles. The SMILES string of the molecule is CC(CC#N)NC(=O)c1cccc(F)c1N. The van der Waals surface area contributed by atoms with Crippen molar-refractivity contribution in [1.29, 1.82) is 5.26 Å². The van der Waals surface area contributed by atoms with E-state index >= 15 is 0 Å². The van der Waals surface area contributed by atoms with Crippen LogP contribution in [0.5, 0.6) is 0 Å². The van der Waals surface area contributed by atoms with Crippen molar-refractivity contribution in [2.75, 3.05) is 5.73 Å². The second kappa shape index (κ2) is 5.12. The normalized spacial score (nSPS) is 11.6. The van der Waals surface area contributed by atoms with Gasteiger partial charge in [0.05, 0.1) is 23.7 Å². The van der Waals surface area contributed by atoms with E-state index in [0.717, 1.165) is 0 Å². The Morgan fingerprint density at radius 3 is 3.00 bits per heavy atom. The molecule has 0 heterocycles. The number of nitrogens with two attached hydrogens (primary N) is 1. The van der Waals surface area contributed by atoms with E-state index in [0.29, 0.717) is 0 Å². The van der Waals surface area contributed by atoms with Gasteiger partial charge in [-0.1, -0.05) is 6.07 Å². The number of carbonyl (C=O) groups is 1. The molecule has 0 aliphatic rings. The van der Waals surface area contributed by atoms with Gasteiger partial charge in [-0.25, -0.2) is 4.39 Å². The van der Waals surface area contributed by atoms with Crippen molar-refractivity contribution in [2.45, 2.75) is 19.4 Å². The fourth-order valence-corrected chi connectivity index (χ4v) is 1.22. The monoisotopic (exact) mass is 221 g/mol. The van der Waals surface area contributed by atoms with E-state index < -0.39 is 11.7 Å². The summed E-state index contributed by atoms with van der Waals surface area (Å²) in [5.74, 6) is -1.10. The average molecular weight is 221 g/mol. The predicted octanol–water partition coefficient (Wildman–Crippen LogP) is 1.44. The van der Waals surface area contributed by atoms with Crippen LogP contribution in [0.15, 0.2) is 18.2 Å². The maximum Gasteiger partial charge on any atom is 0.253 e. The van der Waals surface area contributed by atoms with E-state index in [2.05, 4.69) is 5.32 Å². The number of anilines is 1. The van der Waals surface area contributed by atoms with Crippen LogP contribution in [0.3, 0.4) is 0 Å². The molecule has 4 nitrogen and oxygen atoms in total. The van der Waals surface area contributed by atoms with Gasteiger partial charge in [-0.05, 0) is 19.1 Å². The molecule has 0 bridgehead atoms. The maximum absolute atomic E-state index is 13.1. The zero-order valence-corrected chi connectivity index (χ0v) is 8.83. The van der Waals surface area contributed by atoms with Crippen LogP contribution >= 0.6 is 0 Å². The number of carbonyl (C=O) groups excluding carboxylic acids is 1. The molecule has 0 aliphatic heterocycles. The minimum Gasteiger partial charge on any atom is -0.396 e. The van der Waals surface area contributed by atoms with E-state index in [1.807, 2.05) is 6.07 Å². The van der Waals surface area contributed by atoms with Crippen LogP contribution in [0, 0.1) is 17.1 Å². The Hall–Kier alpha value is -2.09. The first-order valence-corrected chi connectivity index (χ1v) is 4.78. The van der Waals surface area contributed by atoms with E-state index in [-0.39, 0.29) is 23.7 Å². The number of hydrogen-bond acceptors (Lipinski definition) is 3. The maximum atomic E-state index is 13.1. The molecular weight excluding hydrogens is 209 g/mol. The van der Waals surface area contributed by atoms with Gasteiger partial charge in [0.1, 0.15) is 5.82 Å². The Kier molecular flexibility index (Phi) is 3.84. The molecule has 1 aromatic rings. The van der Waals surface area contributed by atoms with Gasteiger partial charge in [-0.3, -0.25) is 4.79 Å². The summed E-state index contributed by atoms with van der Waals surface area (Å²) < 4.78 is 13.1. The van der Waals surface area contributed by atoms with Crippen LogP contribution in [0.4, 0.5) is 10.1 Å². The third-order valence-corrected chi connectivity index (χ3v) is 2.07. The first kappa shape index (κ1) is 12.0. The number of halogens is 1. The minimum atomic E-state index is -0.624. The molecule has 0 aliphatic carbocycles. The fraction of sp³-hybridized carbons (Fsp3) is 0.273. The molecule has 5 heteroatoms. The smallest absolute Gasteiger partial charge is 0.253 e. The van der Waals surface area contributed by atoms with Gasteiger partial charge in [0.2, 0.25) is 0 Å². The summed E-state index contributed by atoms with van der Waals surface area (Å²) in [6, 6.07) is 5.67. The molecule has 16 heavy (non-hydrogen) atoms. The van der Waals surface area contributed by atoms with Crippen LogP contribution in [0.1, 0.15) is 23.7 Å². The Morgan fingerprint density at radius 2 is 2.38 bits per heavy atom. The topological polar surface area (TPSA) is 78.9 Å². The lowest BCUT2D eigenvalue weighted by molar-refractivity contribution is 0.0941. The molecule has 0 fully saturated rings. The molecule has 0 saturated heterocycles. The van der Waals surface area contributed by atoms with Gasteiger partial charge in [-0.15, -0.1) is 0 Å². The lowest BCUT2D eigenvalue weighted by Gasteiger charge is -2.11. The molecule has 1 unspecified atom stereocenters. The summed E-state index contributed by atoms with van der Waals surface area (Å²) >= 11 is 0. The number of rotatable bonds is 3. The summed E-state index contributed by atoms with van der Waals surface area (Å²) in [4.78, 5) is 11.6. The third-order valence-electron chi connectivity index (χ3n) is 2.07. The number of benzene rings is 1. The van der Waals surface area contributed by atoms with Crippen LogP contribution in [-0.4, -0.2) is 11.9 Å². The number of nitrogen functional groups attached to an aromatic ring is 1. The zero-order chi connectivity index (χ0) is 12.1. The molecule has 1 aromatic carbocycles. The second-order valence-electron chi connectivity index (χ2n) is 3.44. The fourth-order valence-electron chi connectivity index (χ4n) is 1.22. The van der Waals surface area contributed by atoms with Crippen molar-refractivity contribution in [2.24, 2.45) is 0 Å². The van der Waals surface area contributed by atoms with Gasteiger partial charge in [-0.2, -0.15) is 5.26 Å².